The zero-order valence-corrected chi connectivity index (χ0v) is 9.82. The maximum absolute atomic E-state index is 11.8. The van der Waals surface area contributed by atoms with Gasteiger partial charge in [-0.25, -0.2) is 4.79 Å². The smallest absolute Gasteiger partial charge is 0.297 e. The van der Waals surface area contributed by atoms with Crippen LogP contribution in [0.25, 0.3) is 0 Å². The van der Waals surface area contributed by atoms with Crippen molar-refractivity contribution in [3.05, 3.63) is 31.6 Å². The Morgan fingerprint density at radius 2 is 2.27 bits per heavy atom. The Morgan fingerprint density at radius 3 is 2.87 bits per heavy atom. The Balaban J connectivity index is 2.60. The van der Waals surface area contributed by atoms with Gasteiger partial charge in [-0.05, 0) is 19.1 Å². The van der Waals surface area contributed by atoms with Crippen molar-refractivity contribution in [3.63, 3.8) is 0 Å². The van der Waals surface area contributed by atoms with E-state index in [-0.39, 0.29) is 16.8 Å². The lowest BCUT2D eigenvalue weighted by atomic mass is 10.2. The summed E-state index contributed by atoms with van der Waals surface area (Å²) >= 11 is 7.48. The van der Waals surface area contributed by atoms with Gasteiger partial charge >= 0.3 is 5.69 Å². The monoisotopic (exact) mass is 246 g/mol. The molecule has 4 nitrogen and oxygen atoms in total. The first-order valence-electron chi connectivity index (χ1n) is 4.70. The normalized spacial score (nSPS) is 20.8. The molecule has 2 rings (SSSR count). The van der Waals surface area contributed by atoms with Gasteiger partial charge in [-0.3, -0.25) is 14.3 Å². The number of hydrogen-bond donors (Lipinski definition) is 1. The van der Waals surface area contributed by atoms with E-state index in [2.05, 4.69) is 4.98 Å². The molecule has 1 unspecified atom stereocenters. The summed E-state index contributed by atoms with van der Waals surface area (Å²) in [4.78, 5) is 25.9. The predicted molar refractivity (Wildman–Crippen MR) is 62.0 cm³/mol. The predicted octanol–water partition coefficient (Wildman–Crippen LogP) is 1.18. The molecule has 1 atom stereocenters. The highest BCUT2D eigenvalue weighted by Crippen LogP contribution is 2.25. The zero-order valence-electron chi connectivity index (χ0n) is 8.25. The van der Waals surface area contributed by atoms with E-state index >= 15 is 0 Å². The van der Waals surface area contributed by atoms with Crippen LogP contribution in [0.2, 0.25) is 5.15 Å². The van der Waals surface area contributed by atoms with Crippen molar-refractivity contribution in [3.8, 4) is 0 Å². The average molecular weight is 247 g/mol. The molecule has 0 saturated carbocycles. The number of nitrogens with one attached hydrogen (secondary N) is 1. The van der Waals surface area contributed by atoms with Crippen molar-refractivity contribution >= 4 is 23.4 Å². The van der Waals surface area contributed by atoms with Crippen molar-refractivity contribution in [2.24, 2.45) is 0 Å². The third-order valence-corrected chi connectivity index (χ3v) is 4.10. The van der Waals surface area contributed by atoms with Crippen LogP contribution in [0.15, 0.2) is 9.59 Å². The number of nitrogens with zero attached hydrogens (tertiary/aromatic N) is 1. The van der Waals surface area contributed by atoms with Gasteiger partial charge in [0.05, 0.1) is 6.04 Å². The lowest BCUT2D eigenvalue weighted by Crippen LogP contribution is -2.39. The van der Waals surface area contributed by atoms with Crippen LogP contribution in [-0.4, -0.2) is 21.1 Å². The third kappa shape index (κ3) is 1.86. The van der Waals surface area contributed by atoms with E-state index in [1.165, 1.54) is 4.57 Å². The van der Waals surface area contributed by atoms with Gasteiger partial charge in [-0.1, -0.05) is 11.6 Å². The number of hydrogen-bond acceptors (Lipinski definition) is 3. The minimum absolute atomic E-state index is 0.0159. The molecular weight excluding hydrogens is 236 g/mol. The van der Waals surface area contributed by atoms with Crippen LogP contribution in [-0.2, 0) is 0 Å². The van der Waals surface area contributed by atoms with Crippen molar-refractivity contribution in [1.29, 1.82) is 0 Å². The second-order valence-electron chi connectivity index (χ2n) is 3.56. The first-order chi connectivity index (χ1) is 7.11. The molecule has 1 aromatic rings. The quantitative estimate of drug-likeness (QED) is 0.757. The maximum atomic E-state index is 11.8. The zero-order chi connectivity index (χ0) is 11.0. The van der Waals surface area contributed by atoms with Gasteiger partial charge in [0.25, 0.3) is 5.56 Å². The van der Waals surface area contributed by atoms with Crippen LogP contribution in [0.4, 0.5) is 0 Å². The van der Waals surface area contributed by atoms with Gasteiger partial charge in [0.2, 0.25) is 0 Å². The maximum Gasteiger partial charge on any atom is 0.329 e. The van der Waals surface area contributed by atoms with E-state index in [1.807, 2.05) is 0 Å². The number of halogens is 1. The number of thioether (sulfide) groups is 1. The highest BCUT2D eigenvalue weighted by molar-refractivity contribution is 7.99. The van der Waals surface area contributed by atoms with Gasteiger partial charge in [0.1, 0.15) is 5.15 Å². The van der Waals surface area contributed by atoms with Crippen molar-refractivity contribution < 1.29 is 0 Å². The highest BCUT2D eigenvalue weighted by atomic mass is 35.5. The summed E-state index contributed by atoms with van der Waals surface area (Å²) in [5.41, 5.74) is -0.257. The van der Waals surface area contributed by atoms with E-state index in [1.54, 1.807) is 18.7 Å². The highest BCUT2D eigenvalue weighted by Gasteiger charge is 2.22. The Labute approximate surface area is 95.6 Å². The minimum Gasteiger partial charge on any atom is -0.297 e. The molecule has 1 aromatic heterocycles. The standard InChI is InChI=1S/C9H11ClN2O2S/c1-5-7(10)11-9(14)12(8(5)13)6-2-3-15-4-6/h6H,2-4H2,1H3,(H,11,14). The van der Waals surface area contributed by atoms with Gasteiger partial charge in [-0.15, -0.1) is 0 Å². The van der Waals surface area contributed by atoms with E-state index in [0.717, 1.165) is 17.9 Å². The molecule has 6 heteroatoms. The Kier molecular flexibility index (Phi) is 2.93. The third-order valence-electron chi connectivity index (χ3n) is 2.58. The summed E-state index contributed by atoms with van der Waals surface area (Å²) in [7, 11) is 0. The second kappa shape index (κ2) is 4.06. The van der Waals surface area contributed by atoms with Crippen LogP contribution in [0.3, 0.4) is 0 Å². The van der Waals surface area contributed by atoms with Crippen molar-refractivity contribution in [2.75, 3.05) is 11.5 Å². The fourth-order valence-electron chi connectivity index (χ4n) is 1.67. The molecule has 0 aromatic carbocycles. The van der Waals surface area contributed by atoms with Gasteiger partial charge in [0, 0.05) is 11.3 Å². The fourth-order valence-corrected chi connectivity index (χ4v) is 3.03. The molecule has 0 bridgehead atoms. The number of aromatic nitrogens is 2. The molecule has 15 heavy (non-hydrogen) atoms. The Bertz CT molecular complexity index is 488. The molecule has 1 aliphatic rings. The second-order valence-corrected chi connectivity index (χ2v) is 5.09. The molecule has 82 valence electrons. The number of rotatable bonds is 1. The van der Waals surface area contributed by atoms with Crippen molar-refractivity contribution in [1.82, 2.24) is 9.55 Å². The Hall–Kier alpha value is -0.680. The minimum atomic E-state index is -0.400. The molecule has 1 fully saturated rings. The topological polar surface area (TPSA) is 54.9 Å². The fraction of sp³-hybridized carbons (Fsp3) is 0.556. The summed E-state index contributed by atoms with van der Waals surface area (Å²) in [6.07, 6.45) is 0.870. The lowest BCUT2D eigenvalue weighted by Gasteiger charge is -2.12. The Morgan fingerprint density at radius 1 is 1.53 bits per heavy atom. The van der Waals surface area contributed by atoms with E-state index in [0.29, 0.717) is 5.56 Å². The van der Waals surface area contributed by atoms with Gasteiger partial charge in [-0.2, -0.15) is 11.8 Å². The molecule has 2 heterocycles. The first kappa shape index (κ1) is 10.8. The van der Waals surface area contributed by atoms with Gasteiger partial charge in [0.15, 0.2) is 0 Å². The first-order valence-corrected chi connectivity index (χ1v) is 6.23. The number of aromatic amines is 1. The molecule has 0 radical (unpaired) electrons. The summed E-state index contributed by atoms with van der Waals surface area (Å²) in [6.45, 7) is 1.62. The summed E-state index contributed by atoms with van der Waals surface area (Å²) in [5.74, 6) is 1.82. The van der Waals surface area contributed by atoms with Crippen LogP contribution in [0.5, 0.6) is 0 Å². The van der Waals surface area contributed by atoms with Crippen molar-refractivity contribution in [2.45, 2.75) is 19.4 Å². The summed E-state index contributed by atoms with van der Waals surface area (Å²) in [5, 5.41) is 0.145. The molecule has 1 saturated heterocycles. The molecule has 1 N–H and O–H groups in total. The SMILES string of the molecule is Cc1c(Cl)[nH]c(=O)n(C2CCSC2)c1=O. The molecular formula is C9H11ClN2O2S. The average Bonchev–Trinajstić information content (AvgIpc) is 2.68. The van der Waals surface area contributed by atoms with Crippen LogP contribution in [0, 0.1) is 6.92 Å². The van der Waals surface area contributed by atoms with Crippen LogP contribution in [0.1, 0.15) is 18.0 Å². The largest absolute Gasteiger partial charge is 0.329 e. The molecule has 0 aliphatic carbocycles. The van der Waals surface area contributed by atoms with E-state index < -0.39 is 5.69 Å². The summed E-state index contributed by atoms with van der Waals surface area (Å²) in [6, 6.07) is 0.0159. The van der Waals surface area contributed by atoms with E-state index in [9.17, 15) is 9.59 Å². The molecule has 1 aliphatic heterocycles. The number of H-pyrrole nitrogens is 1. The molecule has 0 spiro atoms. The van der Waals surface area contributed by atoms with Crippen LogP contribution >= 0.6 is 23.4 Å². The van der Waals surface area contributed by atoms with Crippen LogP contribution < -0.4 is 11.2 Å². The van der Waals surface area contributed by atoms with E-state index in [4.69, 9.17) is 11.6 Å². The van der Waals surface area contributed by atoms with Gasteiger partial charge < -0.3 is 0 Å². The lowest BCUT2D eigenvalue weighted by molar-refractivity contribution is 0.511. The molecule has 0 amide bonds. The summed E-state index contributed by atoms with van der Waals surface area (Å²) < 4.78 is 1.29.